The van der Waals surface area contributed by atoms with Gasteiger partial charge in [-0.3, -0.25) is 0 Å². The zero-order valence-corrected chi connectivity index (χ0v) is 13.0. The Hall–Kier alpha value is -0.940. The predicted octanol–water partition coefficient (Wildman–Crippen LogP) is 2.68. The van der Waals surface area contributed by atoms with Gasteiger partial charge in [0.15, 0.2) is 5.82 Å². The van der Waals surface area contributed by atoms with Gasteiger partial charge in [-0.15, -0.1) is 0 Å². The Bertz CT molecular complexity index is 422. The number of hydrogen-bond acceptors (Lipinski definition) is 5. The quantitative estimate of drug-likeness (QED) is 0.903. The van der Waals surface area contributed by atoms with E-state index in [9.17, 15) is 0 Å². The summed E-state index contributed by atoms with van der Waals surface area (Å²) in [7, 11) is 0. The highest BCUT2D eigenvalue weighted by molar-refractivity contribution is 4.95. The lowest BCUT2D eigenvalue weighted by Gasteiger charge is -2.27. The highest BCUT2D eigenvalue weighted by atomic mass is 16.5. The van der Waals surface area contributed by atoms with Gasteiger partial charge in [0, 0.05) is 13.0 Å². The lowest BCUT2D eigenvalue weighted by Crippen LogP contribution is -2.36. The Labute approximate surface area is 127 Å². The van der Waals surface area contributed by atoms with Gasteiger partial charge in [-0.1, -0.05) is 30.8 Å². The summed E-state index contributed by atoms with van der Waals surface area (Å²) in [5.74, 6) is 2.20. The molecule has 1 aliphatic heterocycles. The zero-order valence-electron chi connectivity index (χ0n) is 13.0. The SMILES string of the molecule is NC(CN1CCCCC1)c1noc(CC2CCCCC2)n1. The van der Waals surface area contributed by atoms with E-state index in [4.69, 9.17) is 10.3 Å². The van der Waals surface area contributed by atoms with Crippen LogP contribution in [0.3, 0.4) is 0 Å². The van der Waals surface area contributed by atoms with Crippen molar-refractivity contribution >= 4 is 0 Å². The van der Waals surface area contributed by atoms with Crippen LogP contribution in [0.5, 0.6) is 0 Å². The third-order valence-corrected chi connectivity index (χ3v) is 4.91. The third-order valence-electron chi connectivity index (χ3n) is 4.91. The number of nitrogens with zero attached hydrogens (tertiary/aromatic N) is 3. The Balaban J connectivity index is 1.50. The highest BCUT2D eigenvalue weighted by Gasteiger charge is 2.21. The molecular weight excluding hydrogens is 264 g/mol. The number of piperidine rings is 1. The van der Waals surface area contributed by atoms with Crippen LogP contribution in [0.4, 0.5) is 0 Å². The molecule has 1 saturated carbocycles. The Morgan fingerprint density at radius 2 is 1.81 bits per heavy atom. The van der Waals surface area contributed by atoms with E-state index in [0.717, 1.165) is 37.9 Å². The van der Waals surface area contributed by atoms with Gasteiger partial charge in [-0.05, 0) is 44.7 Å². The fraction of sp³-hybridized carbons (Fsp3) is 0.875. The average molecular weight is 292 g/mol. The smallest absolute Gasteiger partial charge is 0.226 e. The van der Waals surface area contributed by atoms with Crippen LogP contribution in [0.15, 0.2) is 4.52 Å². The summed E-state index contributed by atoms with van der Waals surface area (Å²) < 4.78 is 5.42. The van der Waals surface area contributed by atoms with Crippen LogP contribution in [0.2, 0.25) is 0 Å². The molecule has 2 N–H and O–H groups in total. The molecule has 3 rings (SSSR count). The molecule has 5 nitrogen and oxygen atoms in total. The standard InChI is InChI=1S/C16H28N4O/c17-14(12-20-9-5-2-6-10-20)16-18-15(21-19-16)11-13-7-3-1-4-8-13/h13-14H,1-12,17H2. The minimum Gasteiger partial charge on any atom is -0.339 e. The Kier molecular flexibility index (Phi) is 5.25. The lowest BCUT2D eigenvalue weighted by molar-refractivity contribution is 0.213. The second-order valence-corrected chi connectivity index (χ2v) is 6.72. The van der Waals surface area contributed by atoms with E-state index in [1.54, 1.807) is 0 Å². The first kappa shape index (κ1) is 15.0. The summed E-state index contributed by atoms with van der Waals surface area (Å²) in [6.45, 7) is 3.16. The van der Waals surface area contributed by atoms with Crippen LogP contribution < -0.4 is 5.73 Å². The van der Waals surface area contributed by atoms with Crippen LogP contribution in [0.25, 0.3) is 0 Å². The summed E-state index contributed by atoms with van der Waals surface area (Å²) in [4.78, 5) is 6.96. The number of rotatable bonds is 5. The van der Waals surface area contributed by atoms with Gasteiger partial charge >= 0.3 is 0 Å². The molecule has 0 amide bonds. The molecule has 1 aromatic rings. The van der Waals surface area contributed by atoms with E-state index in [2.05, 4.69) is 15.0 Å². The molecule has 1 atom stereocenters. The van der Waals surface area contributed by atoms with Gasteiger partial charge in [-0.2, -0.15) is 4.98 Å². The maximum atomic E-state index is 6.25. The molecule has 5 heteroatoms. The lowest BCUT2D eigenvalue weighted by atomic mass is 9.87. The van der Waals surface area contributed by atoms with Gasteiger partial charge in [0.25, 0.3) is 0 Å². The number of aromatic nitrogens is 2. The number of likely N-dealkylation sites (tertiary alicyclic amines) is 1. The zero-order chi connectivity index (χ0) is 14.5. The van der Waals surface area contributed by atoms with Crippen molar-refractivity contribution in [3.05, 3.63) is 11.7 Å². The number of nitrogens with two attached hydrogens (primary N) is 1. The largest absolute Gasteiger partial charge is 0.339 e. The van der Waals surface area contributed by atoms with Crippen molar-refractivity contribution in [1.29, 1.82) is 0 Å². The molecule has 1 aliphatic carbocycles. The van der Waals surface area contributed by atoms with Gasteiger partial charge in [0.2, 0.25) is 5.89 Å². The summed E-state index contributed by atoms with van der Waals surface area (Å²) in [6.07, 6.45) is 11.5. The molecule has 118 valence electrons. The first-order valence-corrected chi connectivity index (χ1v) is 8.61. The molecule has 1 saturated heterocycles. The van der Waals surface area contributed by atoms with Gasteiger partial charge in [0.1, 0.15) is 0 Å². The molecule has 0 radical (unpaired) electrons. The molecule has 2 heterocycles. The maximum absolute atomic E-state index is 6.25. The minimum absolute atomic E-state index is 0.119. The van der Waals surface area contributed by atoms with E-state index in [0.29, 0.717) is 5.82 Å². The fourth-order valence-electron chi connectivity index (χ4n) is 3.64. The molecule has 1 aromatic heterocycles. The van der Waals surface area contributed by atoms with Crippen molar-refractivity contribution in [2.75, 3.05) is 19.6 Å². The van der Waals surface area contributed by atoms with Crippen LogP contribution in [-0.2, 0) is 6.42 Å². The van der Waals surface area contributed by atoms with Crippen molar-refractivity contribution in [1.82, 2.24) is 15.0 Å². The summed E-state index contributed by atoms with van der Waals surface area (Å²) >= 11 is 0. The molecule has 1 unspecified atom stereocenters. The van der Waals surface area contributed by atoms with E-state index in [1.807, 2.05) is 0 Å². The van der Waals surface area contributed by atoms with Gasteiger partial charge < -0.3 is 15.2 Å². The minimum atomic E-state index is -0.119. The Morgan fingerprint density at radius 1 is 1.10 bits per heavy atom. The average Bonchev–Trinajstić information content (AvgIpc) is 2.98. The van der Waals surface area contributed by atoms with Crippen molar-refractivity contribution < 1.29 is 4.52 Å². The van der Waals surface area contributed by atoms with Crippen molar-refractivity contribution in [2.45, 2.75) is 63.8 Å². The Morgan fingerprint density at radius 3 is 2.57 bits per heavy atom. The van der Waals surface area contributed by atoms with Crippen molar-refractivity contribution in [3.63, 3.8) is 0 Å². The van der Waals surface area contributed by atoms with Gasteiger partial charge in [-0.25, -0.2) is 0 Å². The van der Waals surface area contributed by atoms with Crippen LogP contribution >= 0.6 is 0 Å². The van der Waals surface area contributed by atoms with Crippen molar-refractivity contribution in [2.24, 2.45) is 11.7 Å². The summed E-state index contributed by atoms with van der Waals surface area (Å²) in [5, 5.41) is 4.11. The van der Waals surface area contributed by atoms with E-state index in [-0.39, 0.29) is 6.04 Å². The molecular formula is C16H28N4O. The second-order valence-electron chi connectivity index (χ2n) is 6.72. The first-order valence-electron chi connectivity index (χ1n) is 8.61. The fourth-order valence-corrected chi connectivity index (χ4v) is 3.64. The molecule has 2 fully saturated rings. The first-order chi connectivity index (χ1) is 10.3. The topological polar surface area (TPSA) is 68.2 Å². The van der Waals surface area contributed by atoms with E-state index in [1.165, 1.54) is 51.4 Å². The number of hydrogen-bond donors (Lipinski definition) is 1. The monoisotopic (exact) mass is 292 g/mol. The van der Waals surface area contributed by atoms with Crippen molar-refractivity contribution in [3.8, 4) is 0 Å². The van der Waals surface area contributed by atoms with E-state index < -0.39 is 0 Å². The predicted molar refractivity (Wildman–Crippen MR) is 81.8 cm³/mol. The molecule has 0 aromatic carbocycles. The molecule has 2 aliphatic rings. The molecule has 0 bridgehead atoms. The van der Waals surface area contributed by atoms with Crippen LogP contribution in [0.1, 0.15) is 69.1 Å². The third kappa shape index (κ3) is 4.27. The normalized spacial score (nSPS) is 23.3. The van der Waals surface area contributed by atoms with Crippen LogP contribution in [0, 0.1) is 5.92 Å². The maximum Gasteiger partial charge on any atom is 0.226 e. The van der Waals surface area contributed by atoms with Gasteiger partial charge in [0.05, 0.1) is 6.04 Å². The summed E-state index contributed by atoms with van der Waals surface area (Å²) in [5.41, 5.74) is 6.25. The highest BCUT2D eigenvalue weighted by Crippen LogP contribution is 2.26. The summed E-state index contributed by atoms with van der Waals surface area (Å²) in [6, 6.07) is -0.119. The van der Waals surface area contributed by atoms with Crippen LogP contribution in [-0.4, -0.2) is 34.7 Å². The molecule has 0 spiro atoms. The molecule has 21 heavy (non-hydrogen) atoms. The second kappa shape index (κ2) is 7.36. The van der Waals surface area contributed by atoms with E-state index >= 15 is 0 Å².